The number of ether oxygens (including phenoxy) is 1. The molecule has 1 aromatic heterocycles. The molecule has 0 spiro atoms. The van der Waals surface area contributed by atoms with E-state index in [1.54, 1.807) is 0 Å². The van der Waals surface area contributed by atoms with Crippen LogP contribution in [0.2, 0.25) is 0 Å². The molecule has 1 fully saturated rings. The van der Waals surface area contributed by atoms with Gasteiger partial charge in [-0.25, -0.2) is 4.79 Å². The summed E-state index contributed by atoms with van der Waals surface area (Å²) in [5.41, 5.74) is 1.62. The molecule has 23 heavy (non-hydrogen) atoms. The van der Waals surface area contributed by atoms with E-state index in [0.29, 0.717) is 18.5 Å². The molecular formula is C17H29N3O3. The number of alkyl carbamates (subject to hydrolysis) is 1. The zero-order valence-electron chi connectivity index (χ0n) is 14.9. The van der Waals surface area contributed by atoms with Crippen LogP contribution in [0.25, 0.3) is 0 Å². The van der Waals surface area contributed by atoms with E-state index < -0.39 is 5.60 Å². The first-order valence-electron chi connectivity index (χ1n) is 8.38. The Morgan fingerprint density at radius 3 is 2.70 bits per heavy atom. The van der Waals surface area contributed by atoms with Gasteiger partial charge in [0.15, 0.2) is 0 Å². The molecule has 1 saturated carbocycles. The number of carbonyl (C=O) groups is 1. The van der Waals surface area contributed by atoms with E-state index in [4.69, 9.17) is 9.26 Å². The Bertz CT molecular complexity index is 514. The van der Waals surface area contributed by atoms with E-state index >= 15 is 0 Å². The second kappa shape index (κ2) is 7.34. The van der Waals surface area contributed by atoms with Gasteiger partial charge in [-0.15, -0.1) is 0 Å². The number of carbonyl (C=O) groups excluding carboxylic acids is 1. The van der Waals surface area contributed by atoms with Gasteiger partial charge in [-0.2, -0.15) is 0 Å². The summed E-state index contributed by atoms with van der Waals surface area (Å²) in [5.74, 6) is 1.31. The van der Waals surface area contributed by atoms with Crippen LogP contribution >= 0.6 is 0 Å². The van der Waals surface area contributed by atoms with Crippen molar-refractivity contribution in [2.75, 3.05) is 6.54 Å². The lowest BCUT2D eigenvalue weighted by Crippen LogP contribution is -2.40. The molecule has 0 radical (unpaired) electrons. The van der Waals surface area contributed by atoms with Gasteiger partial charge in [0.25, 0.3) is 0 Å². The van der Waals surface area contributed by atoms with Crippen LogP contribution in [0.5, 0.6) is 0 Å². The van der Waals surface area contributed by atoms with E-state index in [9.17, 15) is 4.79 Å². The molecule has 0 bridgehead atoms. The zero-order chi connectivity index (χ0) is 17.0. The van der Waals surface area contributed by atoms with E-state index in [1.807, 2.05) is 34.6 Å². The van der Waals surface area contributed by atoms with E-state index in [-0.39, 0.29) is 6.09 Å². The van der Waals surface area contributed by atoms with Crippen molar-refractivity contribution < 1.29 is 14.1 Å². The van der Waals surface area contributed by atoms with Crippen LogP contribution in [0, 0.1) is 19.8 Å². The van der Waals surface area contributed by atoms with Gasteiger partial charge in [0.2, 0.25) is 0 Å². The normalized spacial score (nSPS) is 21.4. The number of aryl methyl sites for hydroxylation is 2. The largest absolute Gasteiger partial charge is 0.444 e. The smallest absolute Gasteiger partial charge is 0.407 e. The lowest BCUT2D eigenvalue weighted by atomic mass is 10.0. The van der Waals surface area contributed by atoms with Crippen molar-refractivity contribution in [3.63, 3.8) is 0 Å². The molecule has 0 aromatic carbocycles. The average molecular weight is 323 g/mol. The van der Waals surface area contributed by atoms with Crippen molar-refractivity contribution in [1.82, 2.24) is 15.8 Å². The van der Waals surface area contributed by atoms with Crippen molar-refractivity contribution >= 4 is 6.09 Å². The Hall–Kier alpha value is -1.56. The molecule has 2 unspecified atom stereocenters. The second-order valence-corrected chi connectivity index (χ2v) is 7.36. The third-order valence-electron chi connectivity index (χ3n) is 4.29. The highest BCUT2D eigenvalue weighted by Gasteiger charge is 2.28. The summed E-state index contributed by atoms with van der Waals surface area (Å²) in [7, 11) is 0. The number of nitrogens with zero attached hydrogens (tertiary/aromatic N) is 1. The Morgan fingerprint density at radius 2 is 2.09 bits per heavy atom. The maximum atomic E-state index is 11.8. The third kappa shape index (κ3) is 5.23. The molecular weight excluding hydrogens is 294 g/mol. The van der Waals surface area contributed by atoms with Gasteiger partial charge >= 0.3 is 6.09 Å². The van der Waals surface area contributed by atoms with Gasteiger partial charge in [0, 0.05) is 24.7 Å². The van der Waals surface area contributed by atoms with Gasteiger partial charge in [-0.1, -0.05) is 11.6 Å². The summed E-state index contributed by atoms with van der Waals surface area (Å²) in [4.78, 5) is 11.8. The van der Waals surface area contributed by atoms with Crippen molar-refractivity contribution in [2.24, 2.45) is 5.92 Å². The average Bonchev–Trinajstić information content (AvgIpc) is 3.00. The Balaban J connectivity index is 1.80. The SMILES string of the molecule is Cc1noc(C)c1CNC1CCCC1CNC(=O)OC(C)(C)C. The molecule has 1 aliphatic rings. The second-order valence-electron chi connectivity index (χ2n) is 7.36. The minimum atomic E-state index is -0.458. The number of rotatable bonds is 5. The highest BCUT2D eigenvalue weighted by molar-refractivity contribution is 5.67. The number of aromatic nitrogens is 1. The molecule has 1 amide bonds. The highest BCUT2D eigenvalue weighted by Crippen LogP contribution is 2.26. The van der Waals surface area contributed by atoms with Gasteiger partial charge in [-0.3, -0.25) is 0 Å². The van der Waals surface area contributed by atoms with Crippen LogP contribution in [0.1, 0.15) is 57.1 Å². The fourth-order valence-corrected chi connectivity index (χ4v) is 3.07. The Morgan fingerprint density at radius 1 is 1.35 bits per heavy atom. The lowest BCUT2D eigenvalue weighted by Gasteiger charge is -2.23. The van der Waals surface area contributed by atoms with Crippen molar-refractivity contribution in [2.45, 2.75) is 72.1 Å². The highest BCUT2D eigenvalue weighted by atomic mass is 16.6. The fraction of sp³-hybridized carbons (Fsp3) is 0.765. The lowest BCUT2D eigenvalue weighted by molar-refractivity contribution is 0.0517. The topological polar surface area (TPSA) is 76.4 Å². The number of hydrogen-bond acceptors (Lipinski definition) is 5. The first-order chi connectivity index (χ1) is 10.8. The molecule has 6 nitrogen and oxygen atoms in total. The van der Waals surface area contributed by atoms with Gasteiger partial charge in [0.1, 0.15) is 11.4 Å². The molecule has 0 aliphatic heterocycles. The fourth-order valence-electron chi connectivity index (χ4n) is 3.07. The van der Waals surface area contributed by atoms with Crippen molar-refractivity contribution in [1.29, 1.82) is 0 Å². The predicted molar refractivity (Wildman–Crippen MR) is 88.2 cm³/mol. The molecule has 6 heteroatoms. The molecule has 2 atom stereocenters. The summed E-state index contributed by atoms with van der Waals surface area (Å²) >= 11 is 0. The van der Waals surface area contributed by atoms with Crippen LogP contribution < -0.4 is 10.6 Å². The van der Waals surface area contributed by atoms with Crippen LogP contribution in [-0.2, 0) is 11.3 Å². The Labute approximate surface area is 138 Å². The summed E-state index contributed by atoms with van der Waals surface area (Å²) in [6.45, 7) is 10.9. The first-order valence-corrected chi connectivity index (χ1v) is 8.38. The number of hydrogen-bond donors (Lipinski definition) is 2. The van der Waals surface area contributed by atoms with Crippen LogP contribution in [0.4, 0.5) is 4.79 Å². The van der Waals surface area contributed by atoms with Crippen LogP contribution in [-0.4, -0.2) is 29.4 Å². The quantitative estimate of drug-likeness (QED) is 0.871. The Kier molecular flexibility index (Phi) is 5.68. The van der Waals surface area contributed by atoms with Crippen LogP contribution in [0.15, 0.2) is 4.52 Å². The monoisotopic (exact) mass is 323 g/mol. The molecule has 2 rings (SSSR count). The minimum Gasteiger partial charge on any atom is -0.444 e. The predicted octanol–water partition coefficient (Wildman–Crippen LogP) is 3.07. The van der Waals surface area contributed by atoms with E-state index in [2.05, 4.69) is 15.8 Å². The molecule has 1 aromatic rings. The maximum absolute atomic E-state index is 11.8. The van der Waals surface area contributed by atoms with Crippen molar-refractivity contribution in [3.8, 4) is 0 Å². The molecule has 0 saturated heterocycles. The molecule has 130 valence electrons. The zero-order valence-corrected chi connectivity index (χ0v) is 14.9. The summed E-state index contributed by atoms with van der Waals surface area (Å²) in [6, 6.07) is 0.402. The van der Waals surface area contributed by atoms with Gasteiger partial charge in [0.05, 0.1) is 5.69 Å². The van der Waals surface area contributed by atoms with Gasteiger partial charge < -0.3 is 19.9 Å². The molecule has 1 aliphatic carbocycles. The van der Waals surface area contributed by atoms with E-state index in [0.717, 1.165) is 36.4 Å². The maximum Gasteiger partial charge on any atom is 0.407 e. The summed E-state index contributed by atoms with van der Waals surface area (Å²) < 4.78 is 10.5. The third-order valence-corrected chi connectivity index (χ3v) is 4.29. The molecule has 2 N–H and O–H groups in total. The molecule has 1 heterocycles. The minimum absolute atomic E-state index is 0.339. The first kappa shape index (κ1) is 17.8. The number of amides is 1. The standard InChI is InChI=1S/C17H29N3O3/c1-11-14(12(2)23-20-11)10-18-15-8-6-7-13(15)9-19-16(21)22-17(3,4)5/h13,15,18H,6-10H2,1-5H3,(H,19,21). The van der Waals surface area contributed by atoms with Crippen LogP contribution in [0.3, 0.4) is 0 Å². The van der Waals surface area contributed by atoms with Crippen molar-refractivity contribution in [3.05, 3.63) is 17.0 Å². The van der Waals surface area contributed by atoms with E-state index in [1.165, 1.54) is 6.42 Å². The number of nitrogens with one attached hydrogen (secondary N) is 2. The summed E-state index contributed by atoms with van der Waals surface area (Å²) in [6.07, 6.45) is 3.09. The summed E-state index contributed by atoms with van der Waals surface area (Å²) in [5, 5.41) is 10.5. The van der Waals surface area contributed by atoms with Gasteiger partial charge in [-0.05, 0) is 53.4 Å².